The van der Waals surface area contributed by atoms with Gasteiger partial charge in [-0.1, -0.05) is 54.2 Å². The fourth-order valence-corrected chi connectivity index (χ4v) is 6.74. The number of hydrogen-bond donors (Lipinski definition) is 1. The molecule has 1 aliphatic heterocycles. The van der Waals surface area contributed by atoms with Gasteiger partial charge in [0, 0.05) is 11.8 Å². The molecule has 10 heteroatoms. The number of nitrogens with zero attached hydrogens (tertiary/aromatic N) is 2. The van der Waals surface area contributed by atoms with E-state index in [4.69, 9.17) is 9.47 Å². The number of anilines is 1. The Morgan fingerprint density at radius 3 is 2.51 bits per heavy atom. The van der Waals surface area contributed by atoms with Crippen LogP contribution in [0.3, 0.4) is 0 Å². The minimum atomic E-state index is -3.99. The summed E-state index contributed by atoms with van der Waals surface area (Å²) in [6, 6.07) is 24.8. The Morgan fingerprint density at radius 1 is 0.892 bits per heavy atom. The second-order valence-corrected chi connectivity index (χ2v) is 11.1. The molecule has 1 N–H and O–H groups in total. The molecule has 0 aliphatic carbocycles. The quantitative estimate of drug-likeness (QED) is 0.310. The van der Waals surface area contributed by atoms with Crippen molar-refractivity contribution < 1.29 is 22.7 Å². The Hall–Kier alpha value is -4.02. The van der Waals surface area contributed by atoms with Gasteiger partial charge in [0.1, 0.15) is 13.2 Å². The minimum Gasteiger partial charge on any atom is -0.486 e. The van der Waals surface area contributed by atoms with Gasteiger partial charge in [-0.15, -0.1) is 0 Å². The Balaban J connectivity index is 1.29. The summed E-state index contributed by atoms with van der Waals surface area (Å²) < 4.78 is 40.0. The standard InChI is InChI=1S/C27H21N3O5S2/c31-26(28-20-10-12-24-25(16-20)35-14-13-34-24)17-36-27-29-22-7-3-4-8-23(22)30(27)37(32,33)21-11-9-18-5-1-2-6-19(18)15-21/h1-12,15-16H,13-14,17H2,(H,28,31). The van der Waals surface area contributed by atoms with Gasteiger partial charge in [0.15, 0.2) is 16.7 Å². The van der Waals surface area contributed by atoms with Crippen LogP contribution in [0.2, 0.25) is 0 Å². The number of benzene rings is 4. The molecule has 1 aromatic heterocycles. The summed E-state index contributed by atoms with van der Waals surface area (Å²) in [4.78, 5) is 17.4. The van der Waals surface area contributed by atoms with Crippen molar-refractivity contribution in [1.82, 2.24) is 8.96 Å². The summed E-state index contributed by atoms with van der Waals surface area (Å²) in [6.07, 6.45) is 0. The smallest absolute Gasteiger partial charge is 0.270 e. The van der Waals surface area contributed by atoms with Gasteiger partial charge in [-0.05, 0) is 47.2 Å². The van der Waals surface area contributed by atoms with Crippen molar-refractivity contribution in [1.29, 1.82) is 0 Å². The summed E-state index contributed by atoms with van der Waals surface area (Å²) in [7, 11) is -3.99. The van der Waals surface area contributed by atoms with E-state index in [9.17, 15) is 13.2 Å². The van der Waals surface area contributed by atoms with Crippen molar-refractivity contribution in [3.05, 3.63) is 84.9 Å². The van der Waals surface area contributed by atoms with E-state index in [1.807, 2.05) is 24.3 Å². The van der Waals surface area contributed by atoms with E-state index in [-0.39, 0.29) is 21.7 Å². The summed E-state index contributed by atoms with van der Waals surface area (Å²) in [6.45, 7) is 0.931. The van der Waals surface area contributed by atoms with Gasteiger partial charge in [-0.2, -0.15) is 0 Å². The van der Waals surface area contributed by atoms with Crippen molar-refractivity contribution >= 4 is 55.2 Å². The highest BCUT2D eigenvalue weighted by Crippen LogP contribution is 2.33. The summed E-state index contributed by atoms with van der Waals surface area (Å²) in [5.41, 5.74) is 1.54. The molecule has 0 fully saturated rings. The fourth-order valence-electron chi connectivity index (χ4n) is 4.19. The molecular weight excluding hydrogens is 510 g/mol. The number of carbonyl (C=O) groups is 1. The first-order valence-corrected chi connectivity index (χ1v) is 14.0. The van der Waals surface area contributed by atoms with Crippen LogP contribution in [0.5, 0.6) is 11.5 Å². The second-order valence-electron chi connectivity index (χ2n) is 8.36. The Kier molecular flexibility index (Phi) is 5.97. The molecule has 186 valence electrons. The molecular formula is C27H21N3O5S2. The molecule has 0 atom stereocenters. The number of aromatic nitrogens is 2. The molecule has 0 saturated heterocycles. The Morgan fingerprint density at radius 2 is 1.65 bits per heavy atom. The lowest BCUT2D eigenvalue weighted by atomic mass is 10.1. The second kappa shape index (κ2) is 9.45. The van der Waals surface area contributed by atoms with Crippen LogP contribution in [-0.4, -0.2) is 42.2 Å². The van der Waals surface area contributed by atoms with Crippen LogP contribution < -0.4 is 14.8 Å². The molecule has 2 heterocycles. The summed E-state index contributed by atoms with van der Waals surface area (Å²) >= 11 is 1.06. The highest BCUT2D eigenvalue weighted by molar-refractivity contribution is 8.00. The molecule has 0 bridgehead atoms. The lowest BCUT2D eigenvalue weighted by Crippen LogP contribution is -2.18. The number of carbonyl (C=O) groups excluding carboxylic acids is 1. The largest absolute Gasteiger partial charge is 0.486 e. The first kappa shape index (κ1) is 23.4. The van der Waals surface area contributed by atoms with Gasteiger partial charge >= 0.3 is 0 Å². The predicted molar refractivity (Wildman–Crippen MR) is 143 cm³/mol. The molecule has 0 spiro atoms. The van der Waals surface area contributed by atoms with Gasteiger partial charge < -0.3 is 14.8 Å². The maximum absolute atomic E-state index is 13.8. The van der Waals surface area contributed by atoms with Crippen molar-refractivity contribution in [3.63, 3.8) is 0 Å². The lowest BCUT2D eigenvalue weighted by Gasteiger charge is -2.19. The summed E-state index contributed by atoms with van der Waals surface area (Å²) in [5, 5.41) is 4.81. The van der Waals surface area contributed by atoms with Crippen molar-refractivity contribution in [2.45, 2.75) is 10.1 Å². The normalized spacial score (nSPS) is 13.1. The third-order valence-corrected chi connectivity index (χ3v) is 8.66. The van der Waals surface area contributed by atoms with Crippen LogP contribution in [0.4, 0.5) is 5.69 Å². The highest BCUT2D eigenvalue weighted by atomic mass is 32.2. The first-order chi connectivity index (χ1) is 18.0. The van der Waals surface area contributed by atoms with Crippen LogP contribution in [0.1, 0.15) is 0 Å². The SMILES string of the molecule is O=C(CSc1nc2ccccc2n1S(=O)(=O)c1ccc2ccccc2c1)Nc1ccc2c(c1)OCCO2. The van der Waals surface area contributed by atoms with Crippen molar-refractivity contribution in [2.75, 3.05) is 24.3 Å². The van der Waals surface area contributed by atoms with Crippen LogP contribution >= 0.6 is 11.8 Å². The van der Waals surface area contributed by atoms with Gasteiger partial charge in [-0.25, -0.2) is 17.4 Å². The topological polar surface area (TPSA) is 99.5 Å². The minimum absolute atomic E-state index is 0.0367. The molecule has 0 radical (unpaired) electrons. The van der Waals surface area contributed by atoms with E-state index in [2.05, 4.69) is 10.3 Å². The van der Waals surface area contributed by atoms with Gasteiger partial charge in [0.25, 0.3) is 10.0 Å². The molecule has 37 heavy (non-hydrogen) atoms. The number of rotatable bonds is 6. The lowest BCUT2D eigenvalue weighted by molar-refractivity contribution is -0.113. The molecule has 5 aromatic rings. The third-order valence-electron chi connectivity index (χ3n) is 5.91. The van der Waals surface area contributed by atoms with Gasteiger partial charge in [0.2, 0.25) is 5.91 Å². The molecule has 6 rings (SSSR count). The zero-order valence-corrected chi connectivity index (χ0v) is 21.1. The van der Waals surface area contributed by atoms with Crippen LogP contribution in [0, 0.1) is 0 Å². The molecule has 1 aliphatic rings. The van der Waals surface area contributed by atoms with Crippen LogP contribution in [0.25, 0.3) is 21.8 Å². The number of hydrogen-bond acceptors (Lipinski definition) is 7. The average Bonchev–Trinajstić information content (AvgIpc) is 3.31. The molecule has 0 saturated carbocycles. The van der Waals surface area contributed by atoms with Gasteiger partial charge in [-0.3, -0.25) is 4.79 Å². The number of fused-ring (bicyclic) bond motifs is 3. The highest BCUT2D eigenvalue weighted by Gasteiger charge is 2.25. The average molecular weight is 532 g/mol. The number of amides is 1. The van der Waals surface area contributed by atoms with E-state index in [0.717, 1.165) is 22.5 Å². The number of para-hydroxylation sites is 2. The zero-order valence-electron chi connectivity index (χ0n) is 19.5. The van der Waals surface area contributed by atoms with E-state index in [0.29, 0.717) is 41.4 Å². The number of nitrogens with one attached hydrogen (secondary N) is 1. The van der Waals surface area contributed by atoms with Gasteiger partial charge in [0.05, 0.1) is 21.7 Å². The first-order valence-electron chi connectivity index (χ1n) is 11.5. The predicted octanol–water partition coefficient (Wildman–Crippen LogP) is 4.93. The number of thioether (sulfide) groups is 1. The zero-order chi connectivity index (χ0) is 25.4. The Bertz CT molecular complexity index is 1770. The van der Waals surface area contributed by atoms with Crippen molar-refractivity contribution in [2.24, 2.45) is 0 Å². The monoisotopic (exact) mass is 531 g/mol. The summed E-state index contributed by atoms with van der Waals surface area (Å²) in [5.74, 6) is 0.861. The molecule has 0 unspecified atom stereocenters. The third kappa shape index (κ3) is 4.49. The molecule has 1 amide bonds. The molecule has 8 nitrogen and oxygen atoms in total. The van der Waals surface area contributed by atoms with E-state index in [1.54, 1.807) is 60.7 Å². The Labute approximate surface area is 217 Å². The van der Waals surface area contributed by atoms with E-state index >= 15 is 0 Å². The maximum atomic E-state index is 13.8. The van der Waals surface area contributed by atoms with Crippen LogP contribution in [0.15, 0.2) is 95.0 Å². The maximum Gasteiger partial charge on any atom is 0.270 e. The number of imidazole rings is 1. The number of ether oxygens (including phenoxy) is 2. The van der Waals surface area contributed by atoms with Crippen molar-refractivity contribution in [3.8, 4) is 11.5 Å². The fraction of sp³-hybridized carbons (Fsp3) is 0.111. The van der Waals surface area contributed by atoms with E-state index < -0.39 is 10.0 Å². The van der Waals surface area contributed by atoms with Crippen LogP contribution in [-0.2, 0) is 14.8 Å². The van der Waals surface area contributed by atoms with E-state index in [1.165, 1.54) is 3.97 Å². The molecule has 4 aromatic carbocycles.